The molecule has 0 fully saturated rings. The van der Waals surface area contributed by atoms with Crippen LogP contribution in [0.1, 0.15) is 12.5 Å². The molecule has 2 aromatic carbocycles. The Morgan fingerprint density at radius 3 is 2.50 bits per heavy atom. The van der Waals surface area contributed by atoms with Crippen LogP contribution in [0.25, 0.3) is 16.9 Å². The SMILES string of the molecule is CCc1ccc(-c2nnn(-c3ccccc3OC)c2N)cc1. The van der Waals surface area contributed by atoms with Crippen LogP contribution in [0.15, 0.2) is 48.5 Å². The standard InChI is InChI=1S/C17H18N4O/c1-3-12-8-10-13(11-9-12)16-17(18)21(20-19-16)14-6-4-5-7-15(14)22-2/h4-11H,3,18H2,1-2H3. The summed E-state index contributed by atoms with van der Waals surface area (Å²) in [7, 11) is 1.62. The van der Waals surface area contributed by atoms with Crippen LogP contribution in [0.4, 0.5) is 5.82 Å². The van der Waals surface area contributed by atoms with Crippen molar-refractivity contribution >= 4 is 5.82 Å². The van der Waals surface area contributed by atoms with E-state index in [-0.39, 0.29) is 0 Å². The number of aromatic nitrogens is 3. The molecule has 0 atom stereocenters. The van der Waals surface area contributed by atoms with Crippen molar-refractivity contribution in [2.45, 2.75) is 13.3 Å². The van der Waals surface area contributed by atoms with Gasteiger partial charge in [-0.2, -0.15) is 4.68 Å². The van der Waals surface area contributed by atoms with Crippen LogP contribution in [0.3, 0.4) is 0 Å². The van der Waals surface area contributed by atoms with E-state index in [1.54, 1.807) is 11.8 Å². The minimum absolute atomic E-state index is 0.494. The number of methoxy groups -OCH3 is 1. The molecule has 0 saturated heterocycles. The highest BCUT2D eigenvalue weighted by Crippen LogP contribution is 2.29. The van der Waals surface area contributed by atoms with Crippen molar-refractivity contribution in [2.75, 3.05) is 12.8 Å². The average molecular weight is 294 g/mol. The molecule has 5 nitrogen and oxygen atoms in total. The third kappa shape index (κ3) is 2.41. The van der Waals surface area contributed by atoms with Crippen LogP contribution in [0, 0.1) is 0 Å². The molecule has 22 heavy (non-hydrogen) atoms. The first kappa shape index (κ1) is 14.1. The summed E-state index contributed by atoms with van der Waals surface area (Å²) in [6, 6.07) is 15.8. The molecule has 0 bridgehead atoms. The second-order valence-corrected chi connectivity index (χ2v) is 4.96. The van der Waals surface area contributed by atoms with E-state index in [0.29, 0.717) is 17.3 Å². The molecule has 0 spiro atoms. The Hall–Kier alpha value is -2.82. The van der Waals surface area contributed by atoms with Gasteiger partial charge in [0, 0.05) is 5.56 Å². The number of hydrogen-bond donors (Lipinski definition) is 1. The maximum Gasteiger partial charge on any atom is 0.156 e. The normalized spacial score (nSPS) is 10.6. The van der Waals surface area contributed by atoms with Gasteiger partial charge >= 0.3 is 0 Å². The quantitative estimate of drug-likeness (QED) is 0.803. The number of ether oxygens (including phenoxy) is 1. The molecule has 2 N–H and O–H groups in total. The molecule has 112 valence electrons. The fourth-order valence-corrected chi connectivity index (χ4v) is 2.38. The summed E-state index contributed by atoms with van der Waals surface area (Å²) in [5.74, 6) is 1.20. The monoisotopic (exact) mass is 294 g/mol. The largest absolute Gasteiger partial charge is 0.494 e. The topological polar surface area (TPSA) is 66.0 Å². The Labute approximate surface area is 129 Å². The molecule has 1 aromatic heterocycles. The van der Waals surface area contributed by atoms with Gasteiger partial charge in [0.1, 0.15) is 17.1 Å². The van der Waals surface area contributed by atoms with Crippen molar-refractivity contribution in [3.05, 3.63) is 54.1 Å². The van der Waals surface area contributed by atoms with Crippen molar-refractivity contribution in [1.82, 2.24) is 15.0 Å². The third-order valence-electron chi connectivity index (χ3n) is 3.65. The lowest BCUT2D eigenvalue weighted by atomic mass is 10.1. The summed E-state index contributed by atoms with van der Waals surface area (Å²) in [6.45, 7) is 2.13. The second kappa shape index (κ2) is 5.89. The first-order valence-electron chi connectivity index (χ1n) is 7.18. The molecular weight excluding hydrogens is 276 g/mol. The van der Waals surface area contributed by atoms with Crippen molar-refractivity contribution in [2.24, 2.45) is 0 Å². The van der Waals surface area contributed by atoms with E-state index in [1.807, 2.05) is 36.4 Å². The second-order valence-electron chi connectivity index (χ2n) is 4.96. The van der Waals surface area contributed by atoms with E-state index in [1.165, 1.54) is 5.56 Å². The number of aryl methyl sites for hydroxylation is 1. The molecule has 0 unspecified atom stereocenters. The Balaban J connectivity index is 2.04. The summed E-state index contributed by atoms with van der Waals surface area (Å²) in [5.41, 5.74) is 9.92. The number of anilines is 1. The fourth-order valence-electron chi connectivity index (χ4n) is 2.38. The molecular formula is C17H18N4O. The van der Waals surface area contributed by atoms with Crippen molar-refractivity contribution in [3.8, 4) is 22.7 Å². The lowest BCUT2D eigenvalue weighted by molar-refractivity contribution is 0.411. The van der Waals surface area contributed by atoms with E-state index < -0.39 is 0 Å². The number of nitrogen functional groups attached to an aromatic ring is 1. The molecule has 5 heteroatoms. The first-order valence-corrected chi connectivity index (χ1v) is 7.18. The summed E-state index contributed by atoms with van der Waals surface area (Å²) in [5, 5.41) is 8.40. The zero-order valence-corrected chi connectivity index (χ0v) is 12.7. The number of rotatable bonds is 4. The van der Waals surface area contributed by atoms with Crippen LogP contribution < -0.4 is 10.5 Å². The molecule has 0 aliphatic heterocycles. The van der Waals surface area contributed by atoms with Crippen LogP contribution >= 0.6 is 0 Å². The van der Waals surface area contributed by atoms with Crippen LogP contribution in [0.5, 0.6) is 5.75 Å². The Morgan fingerprint density at radius 2 is 1.82 bits per heavy atom. The minimum Gasteiger partial charge on any atom is -0.494 e. The van der Waals surface area contributed by atoms with Gasteiger partial charge in [0.2, 0.25) is 0 Å². The van der Waals surface area contributed by atoms with E-state index in [4.69, 9.17) is 10.5 Å². The molecule has 0 amide bonds. The van der Waals surface area contributed by atoms with Crippen molar-refractivity contribution in [3.63, 3.8) is 0 Å². The van der Waals surface area contributed by atoms with Gasteiger partial charge in [0.15, 0.2) is 5.82 Å². The van der Waals surface area contributed by atoms with Gasteiger partial charge in [-0.25, -0.2) is 0 Å². The number of nitrogens with zero attached hydrogens (tertiary/aromatic N) is 3. The van der Waals surface area contributed by atoms with Crippen LogP contribution in [0.2, 0.25) is 0 Å². The Morgan fingerprint density at radius 1 is 1.09 bits per heavy atom. The number of hydrogen-bond acceptors (Lipinski definition) is 4. The molecule has 1 heterocycles. The van der Waals surface area contributed by atoms with E-state index in [2.05, 4.69) is 29.4 Å². The smallest absolute Gasteiger partial charge is 0.156 e. The molecule has 0 aliphatic carbocycles. The van der Waals surface area contributed by atoms with E-state index >= 15 is 0 Å². The maximum atomic E-state index is 6.24. The minimum atomic E-state index is 0.494. The maximum absolute atomic E-state index is 6.24. The van der Waals surface area contributed by atoms with Crippen molar-refractivity contribution in [1.29, 1.82) is 0 Å². The number of para-hydroxylation sites is 2. The molecule has 3 rings (SSSR count). The Bertz CT molecular complexity index is 778. The van der Waals surface area contributed by atoms with E-state index in [9.17, 15) is 0 Å². The highest BCUT2D eigenvalue weighted by Gasteiger charge is 2.15. The lowest BCUT2D eigenvalue weighted by Crippen LogP contribution is -2.04. The number of nitrogens with two attached hydrogens (primary N) is 1. The summed E-state index contributed by atoms with van der Waals surface area (Å²) >= 11 is 0. The first-order chi connectivity index (χ1) is 10.7. The lowest BCUT2D eigenvalue weighted by Gasteiger charge is -2.08. The van der Waals surface area contributed by atoms with Gasteiger partial charge in [0.05, 0.1) is 7.11 Å². The number of benzene rings is 2. The van der Waals surface area contributed by atoms with Gasteiger partial charge in [-0.1, -0.05) is 48.5 Å². The summed E-state index contributed by atoms with van der Waals surface area (Å²) in [6.07, 6.45) is 1.00. The molecule has 0 saturated carbocycles. The highest BCUT2D eigenvalue weighted by atomic mass is 16.5. The fraction of sp³-hybridized carbons (Fsp3) is 0.176. The highest BCUT2D eigenvalue weighted by molar-refractivity contribution is 5.71. The summed E-state index contributed by atoms with van der Waals surface area (Å²) in [4.78, 5) is 0. The predicted octanol–water partition coefficient (Wildman–Crippen LogP) is 3.09. The van der Waals surface area contributed by atoms with Gasteiger partial charge in [-0.3, -0.25) is 0 Å². The van der Waals surface area contributed by atoms with Gasteiger partial charge in [-0.05, 0) is 24.1 Å². The molecule has 0 radical (unpaired) electrons. The zero-order valence-electron chi connectivity index (χ0n) is 12.7. The van der Waals surface area contributed by atoms with E-state index in [0.717, 1.165) is 17.7 Å². The molecule has 0 aliphatic rings. The van der Waals surface area contributed by atoms with Crippen LogP contribution in [-0.4, -0.2) is 22.1 Å². The molecule has 3 aromatic rings. The van der Waals surface area contributed by atoms with Gasteiger partial charge < -0.3 is 10.5 Å². The summed E-state index contributed by atoms with van der Waals surface area (Å²) < 4.78 is 6.95. The average Bonchev–Trinajstić information content (AvgIpc) is 2.96. The third-order valence-corrected chi connectivity index (χ3v) is 3.65. The van der Waals surface area contributed by atoms with Gasteiger partial charge in [-0.15, -0.1) is 5.10 Å². The zero-order chi connectivity index (χ0) is 15.5. The van der Waals surface area contributed by atoms with Crippen molar-refractivity contribution < 1.29 is 4.74 Å². The predicted molar refractivity (Wildman–Crippen MR) is 87.1 cm³/mol. The van der Waals surface area contributed by atoms with Gasteiger partial charge in [0.25, 0.3) is 0 Å². The Kier molecular flexibility index (Phi) is 3.78. The van der Waals surface area contributed by atoms with Crippen LogP contribution in [-0.2, 0) is 6.42 Å².